The normalized spacial score (nSPS) is 11.4. The SMILES string of the molecule is Cn1ccc(C(=O)NC(C)(C)CCl)n1. The first-order valence-electron chi connectivity index (χ1n) is 4.33. The molecule has 1 rings (SSSR count). The molecule has 1 aromatic heterocycles. The van der Waals surface area contributed by atoms with Crippen LogP contribution in [0.25, 0.3) is 0 Å². The topological polar surface area (TPSA) is 46.9 Å². The number of hydrogen-bond acceptors (Lipinski definition) is 2. The number of carbonyl (C=O) groups excluding carboxylic acids is 1. The minimum absolute atomic E-state index is 0.198. The summed E-state index contributed by atoms with van der Waals surface area (Å²) in [6.45, 7) is 3.72. The van der Waals surface area contributed by atoms with E-state index in [2.05, 4.69) is 10.4 Å². The van der Waals surface area contributed by atoms with Crippen molar-refractivity contribution in [2.45, 2.75) is 19.4 Å². The molecule has 0 atom stereocenters. The predicted octanol–water partition coefficient (Wildman–Crippen LogP) is 1.17. The summed E-state index contributed by atoms with van der Waals surface area (Å²) in [4.78, 5) is 11.6. The molecule has 1 amide bonds. The number of carbonyl (C=O) groups is 1. The molecule has 0 spiro atoms. The zero-order chi connectivity index (χ0) is 10.8. The van der Waals surface area contributed by atoms with E-state index in [0.717, 1.165) is 0 Å². The van der Waals surface area contributed by atoms with E-state index in [9.17, 15) is 4.79 Å². The Morgan fingerprint density at radius 1 is 1.71 bits per heavy atom. The Bertz CT molecular complexity index is 333. The summed E-state index contributed by atoms with van der Waals surface area (Å²) in [5.74, 6) is 0.169. The molecule has 5 heteroatoms. The largest absolute Gasteiger partial charge is 0.345 e. The smallest absolute Gasteiger partial charge is 0.272 e. The number of hydrogen-bond donors (Lipinski definition) is 1. The highest BCUT2D eigenvalue weighted by atomic mass is 35.5. The van der Waals surface area contributed by atoms with Crippen LogP contribution in [0.15, 0.2) is 12.3 Å². The Morgan fingerprint density at radius 2 is 2.36 bits per heavy atom. The molecule has 0 saturated carbocycles. The first kappa shape index (κ1) is 11.0. The van der Waals surface area contributed by atoms with Gasteiger partial charge in [-0.3, -0.25) is 9.48 Å². The molecule has 4 nitrogen and oxygen atoms in total. The number of rotatable bonds is 3. The monoisotopic (exact) mass is 215 g/mol. The van der Waals surface area contributed by atoms with Gasteiger partial charge in [0.25, 0.3) is 5.91 Å². The van der Waals surface area contributed by atoms with Crippen LogP contribution in [0.3, 0.4) is 0 Å². The summed E-state index contributed by atoms with van der Waals surface area (Å²) in [5, 5.41) is 6.78. The van der Waals surface area contributed by atoms with Gasteiger partial charge in [0.15, 0.2) is 0 Å². The lowest BCUT2D eigenvalue weighted by molar-refractivity contribution is 0.0914. The van der Waals surface area contributed by atoms with Crippen LogP contribution in [0, 0.1) is 0 Å². The number of alkyl halides is 1. The first-order chi connectivity index (χ1) is 6.44. The summed E-state index contributed by atoms with van der Waals surface area (Å²) in [6, 6.07) is 1.67. The van der Waals surface area contributed by atoms with Gasteiger partial charge in [-0.2, -0.15) is 5.10 Å². The van der Waals surface area contributed by atoms with Gasteiger partial charge in [-0.15, -0.1) is 11.6 Å². The van der Waals surface area contributed by atoms with Crippen molar-refractivity contribution in [3.8, 4) is 0 Å². The summed E-state index contributed by atoms with van der Waals surface area (Å²) in [7, 11) is 1.77. The molecule has 0 fully saturated rings. The van der Waals surface area contributed by atoms with E-state index in [1.54, 1.807) is 24.0 Å². The number of halogens is 1. The third kappa shape index (κ3) is 2.73. The zero-order valence-electron chi connectivity index (χ0n) is 8.54. The lowest BCUT2D eigenvalue weighted by Crippen LogP contribution is -2.45. The number of aromatic nitrogens is 2. The maximum Gasteiger partial charge on any atom is 0.272 e. The number of nitrogens with zero attached hydrogens (tertiary/aromatic N) is 2. The van der Waals surface area contributed by atoms with Gasteiger partial charge < -0.3 is 5.32 Å². The molecule has 0 saturated heterocycles. The molecule has 0 aliphatic rings. The Morgan fingerprint density at radius 3 is 2.79 bits per heavy atom. The van der Waals surface area contributed by atoms with E-state index >= 15 is 0 Å². The van der Waals surface area contributed by atoms with Gasteiger partial charge in [0, 0.05) is 24.7 Å². The Hall–Kier alpha value is -1.03. The van der Waals surface area contributed by atoms with Crippen molar-refractivity contribution in [3.05, 3.63) is 18.0 Å². The van der Waals surface area contributed by atoms with Crippen molar-refractivity contribution >= 4 is 17.5 Å². The van der Waals surface area contributed by atoms with Crippen LogP contribution in [0.4, 0.5) is 0 Å². The fourth-order valence-electron chi connectivity index (χ4n) is 0.941. The number of aryl methyl sites for hydroxylation is 1. The average Bonchev–Trinajstić information content (AvgIpc) is 2.51. The predicted molar refractivity (Wildman–Crippen MR) is 55.5 cm³/mol. The van der Waals surface area contributed by atoms with Gasteiger partial charge >= 0.3 is 0 Å². The van der Waals surface area contributed by atoms with Crippen LogP contribution < -0.4 is 5.32 Å². The fourth-order valence-corrected chi connectivity index (χ4v) is 1.01. The maximum absolute atomic E-state index is 11.6. The van der Waals surface area contributed by atoms with Gasteiger partial charge in [-0.1, -0.05) is 0 Å². The summed E-state index contributed by atoms with van der Waals surface area (Å²) < 4.78 is 1.59. The van der Waals surface area contributed by atoms with Crippen molar-refractivity contribution in [1.82, 2.24) is 15.1 Å². The highest BCUT2D eigenvalue weighted by molar-refractivity contribution is 6.18. The summed E-state index contributed by atoms with van der Waals surface area (Å²) in [6.07, 6.45) is 1.72. The van der Waals surface area contributed by atoms with Crippen LogP contribution in [0.1, 0.15) is 24.3 Å². The number of nitrogens with one attached hydrogen (secondary N) is 1. The van der Waals surface area contributed by atoms with Gasteiger partial charge in [0.2, 0.25) is 0 Å². The molecule has 1 N–H and O–H groups in total. The first-order valence-corrected chi connectivity index (χ1v) is 4.86. The molecule has 1 heterocycles. The van der Waals surface area contributed by atoms with E-state index in [1.165, 1.54) is 0 Å². The van der Waals surface area contributed by atoms with Crippen molar-refractivity contribution in [2.24, 2.45) is 7.05 Å². The lowest BCUT2D eigenvalue weighted by atomic mass is 10.1. The minimum atomic E-state index is -0.407. The molecule has 14 heavy (non-hydrogen) atoms. The third-order valence-corrected chi connectivity index (χ3v) is 2.40. The highest BCUT2D eigenvalue weighted by Crippen LogP contribution is 2.06. The molecule has 0 radical (unpaired) electrons. The second-order valence-electron chi connectivity index (χ2n) is 3.85. The molecule has 0 bridgehead atoms. The van der Waals surface area contributed by atoms with E-state index in [4.69, 9.17) is 11.6 Å². The van der Waals surface area contributed by atoms with E-state index < -0.39 is 5.54 Å². The summed E-state index contributed by atoms with van der Waals surface area (Å²) >= 11 is 5.69. The van der Waals surface area contributed by atoms with Gasteiger partial charge in [0.1, 0.15) is 5.69 Å². The maximum atomic E-state index is 11.6. The number of amides is 1. The molecule has 0 unspecified atom stereocenters. The zero-order valence-corrected chi connectivity index (χ0v) is 9.30. The summed E-state index contributed by atoms with van der Waals surface area (Å²) in [5.41, 5.74) is 0.00146. The highest BCUT2D eigenvalue weighted by Gasteiger charge is 2.20. The van der Waals surface area contributed by atoms with Crippen LogP contribution in [0.5, 0.6) is 0 Å². The Balaban J connectivity index is 2.68. The van der Waals surface area contributed by atoms with Gasteiger partial charge in [-0.05, 0) is 19.9 Å². The van der Waals surface area contributed by atoms with Gasteiger partial charge in [-0.25, -0.2) is 0 Å². The average molecular weight is 216 g/mol. The lowest BCUT2D eigenvalue weighted by Gasteiger charge is -2.22. The van der Waals surface area contributed by atoms with E-state index in [-0.39, 0.29) is 5.91 Å². The fraction of sp³-hybridized carbons (Fsp3) is 0.556. The Kier molecular flexibility index (Phi) is 3.16. The molecule has 78 valence electrons. The Labute approximate surface area is 88.2 Å². The van der Waals surface area contributed by atoms with E-state index in [0.29, 0.717) is 11.6 Å². The van der Waals surface area contributed by atoms with Crippen molar-refractivity contribution in [1.29, 1.82) is 0 Å². The van der Waals surface area contributed by atoms with E-state index in [1.807, 2.05) is 13.8 Å². The standard InChI is InChI=1S/C9H14ClN3O/c1-9(2,6-10)11-8(14)7-4-5-13(3)12-7/h4-5H,6H2,1-3H3,(H,11,14). The van der Waals surface area contributed by atoms with Crippen LogP contribution in [0.2, 0.25) is 0 Å². The van der Waals surface area contributed by atoms with Crippen molar-refractivity contribution < 1.29 is 4.79 Å². The van der Waals surface area contributed by atoms with Crippen LogP contribution in [-0.4, -0.2) is 27.1 Å². The minimum Gasteiger partial charge on any atom is -0.345 e. The molecular formula is C9H14ClN3O. The molecule has 0 aliphatic heterocycles. The second kappa shape index (κ2) is 4.00. The molecular weight excluding hydrogens is 202 g/mol. The van der Waals surface area contributed by atoms with Crippen molar-refractivity contribution in [2.75, 3.05) is 5.88 Å². The molecule has 1 aromatic rings. The molecule has 0 aromatic carbocycles. The van der Waals surface area contributed by atoms with Crippen LogP contribution in [-0.2, 0) is 7.05 Å². The molecule has 0 aliphatic carbocycles. The van der Waals surface area contributed by atoms with Gasteiger partial charge in [0.05, 0.1) is 0 Å². The third-order valence-electron chi connectivity index (χ3n) is 1.73. The second-order valence-corrected chi connectivity index (χ2v) is 4.11. The van der Waals surface area contributed by atoms with Crippen LogP contribution >= 0.6 is 11.6 Å². The van der Waals surface area contributed by atoms with Crippen molar-refractivity contribution in [3.63, 3.8) is 0 Å². The quantitative estimate of drug-likeness (QED) is 0.770.